The zero-order valence-corrected chi connectivity index (χ0v) is 12.8. The summed E-state index contributed by atoms with van der Waals surface area (Å²) in [6.45, 7) is 4.89. The van der Waals surface area contributed by atoms with Crippen molar-refractivity contribution in [2.75, 3.05) is 6.61 Å². The maximum atomic E-state index is 10.7. The van der Waals surface area contributed by atoms with Gasteiger partial charge in [0.1, 0.15) is 5.75 Å². The van der Waals surface area contributed by atoms with Gasteiger partial charge in [-0.25, -0.2) is 0 Å². The SMILES string of the molecule is CCCC1CCC(C(O)c2ccccc2OCC)CC1. The van der Waals surface area contributed by atoms with Gasteiger partial charge in [-0.3, -0.25) is 0 Å². The van der Waals surface area contributed by atoms with Crippen LogP contribution >= 0.6 is 0 Å². The topological polar surface area (TPSA) is 29.5 Å². The van der Waals surface area contributed by atoms with Crippen molar-refractivity contribution < 1.29 is 9.84 Å². The molecule has 2 rings (SSSR count). The molecular formula is C18H28O2. The number of hydrogen-bond acceptors (Lipinski definition) is 2. The Kier molecular flexibility index (Phi) is 5.90. The van der Waals surface area contributed by atoms with Gasteiger partial charge in [0.2, 0.25) is 0 Å². The number of aliphatic hydroxyl groups excluding tert-OH is 1. The van der Waals surface area contributed by atoms with Crippen LogP contribution in [0, 0.1) is 11.8 Å². The Morgan fingerprint density at radius 2 is 1.85 bits per heavy atom. The predicted molar refractivity (Wildman–Crippen MR) is 82.9 cm³/mol. The second kappa shape index (κ2) is 7.68. The molecule has 0 amide bonds. The first-order valence-electron chi connectivity index (χ1n) is 8.16. The van der Waals surface area contributed by atoms with Gasteiger partial charge in [-0.05, 0) is 37.7 Å². The van der Waals surface area contributed by atoms with Gasteiger partial charge >= 0.3 is 0 Å². The van der Waals surface area contributed by atoms with Gasteiger partial charge in [0.15, 0.2) is 0 Å². The molecule has 1 aromatic carbocycles. The van der Waals surface area contributed by atoms with E-state index in [2.05, 4.69) is 6.92 Å². The Morgan fingerprint density at radius 3 is 2.50 bits per heavy atom. The molecule has 1 unspecified atom stereocenters. The fourth-order valence-electron chi connectivity index (χ4n) is 3.47. The summed E-state index contributed by atoms with van der Waals surface area (Å²) in [6, 6.07) is 7.93. The molecule has 1 aromatic rings. The van der Waals surface area contributed by atoms with Crippen LogP contribution in [-0.4, -0.2) is 11.7 Å². The van der Waals surface area contributed by atoms with Crippen LogP contribution in [-0.2, 0) is 0 Å². The summed E-state index contributed by atoms with van der Waals surface area (Å²) < 4.78 is 5.65. The minimum Gasteiger partial charge on any atom is -0.493 e. The highest BCUT2D eigenvalue weighted by Crippen LogP contribution is 2.40. The zero-order chi connectivity index (χ0) is 14.4. The largest absolute Gasteiger partial charge is 0.493 e. The third-order valence-electron chi connectivity index (χ3n) is 4.57. The fraction of sp³-hybridized carbons (Fsp3) is 0.667. The predicted octanol–water partition coefficient (Wildman–Crippen LogP) is 4.73. The van der Waals surface area contributed by atoms with Crippen molar-refractivity contribution in [3.05, 3.63) is 29.8 Å². The quantitative estimate of drug-likeness (QED) is 0.814. The van der Waals surface area contributed by atoms with Crippen LogP contribution in [0.1, 0.15) is 64.0 Å². The lowest BCUT2D eigenvalue weighted by atomic mass is 9.76. The van der Waals surface area contributed by atoms with Gasteiger partial charge in [0.05, 0.1) is 12.7 Å². The van der Waals surface area contributed by atoms with Gasteiger partial charge in [0, 0.05) is 5.56 Å². The van der Waals surface area contributed by atoms with Gasteiger partial charge in [0.25, 0.3) is 0 Å². The second-order valence-electron chi connectivity index (χ2n) is 5.99. The number of ether oxygens (including phenoxy) is 1. The van der Waals surface area contributed by atoms with E-state index in [-0.39, 0.29) is 6.10 Å². The van der Waals surface area contributed by atoms with E-state index in [1.54, 1.807) is 0 Å². The highest BCUT2D eigenvalue weighted by atomic mass is 16.5. The Morgan fingerprint density at radius 1 is 1.15 bits per heavy atom. The van der Waals surface area contributed by atoms with Gasteiger partial charge < -0.3 is 9.84 Å². The molecule has 0 aliphatic heterocycles. The molecule has 0 saturated heterocycles. The molecule has 1 aliphatic rings. The van der Waals surface area contributed by atoms with Gasteiger partial charge in [-0.1, -0.05) is 50.8 Å². The van der Waals surface area contributed by atoms with Crippen molar-refractivity contribution >= 4 is 0 Å². The third kappa shape index (κ3) is 3.76. The van der Waals surface area contributed by atoms with Crippen LogP contribution in [0.2, 0.25) is 0 Å². The highest BCUT2D eigenvalue weighted by molar-refractivity contribution is 5.35. The number of benzene rings is 1. The molecule has 0 heterocycles. The number of aliphatic hydroxyl groups is 1. The van der Waals surface area contributed by atoms with Crippen LogP contribution in [0.5, 0.6) is 5.75 Å². The first-order chi connectivity index (χ1) is 9.76. The first-order valence-corrected chi connectivity index (χ1v) is 8.16. The van der Waals surface area contributed by atoms with Crippen molar-refractivity contribution in [3.8, 4) is 5.75 Å². The Labute approximate surface area is 123 Å². The Bertz CT molecular complexity index is 394. The maximum absolute atomic E-state index is 10.7. The van der Waals surface area contributed by atoms with E-state index >= 15 is 0 Å². The van der Waals surface area contributed by atoms with E-state index in [1.807, 2.05) is 31.2 Å². The van der Waals surface area contributed by atoms with E-state index in [0.29, 0.717) is 12.5 Å². The van der Waals surface area contributed by atoms with Crippen molar-refractivity contribution in [3.63, 3.8) is 0 Å². The standard InChI is InChI=1S/C18H28O2/c1-3-7-14-10-12-15(13-11-14)18(19)16-8-5-6-9-17(16)20-4-2/h5-6,8-9,14-15,18-19H,3-4,7,10-13H2,1-2H3. The molecule has 2 nitrogen and oxygen atoms in total. The first kappa shape index (κ1) is 15.4. The Balaban J connectivity index is 1.99. The minimum absolute atomic E-state index is 0.375. The molecule has 1 saturated carbocycles. The fourth-order valence-corrected chi connectivity index (χ4v) is 3.47. The lowest BCUT2D eigenvalue weighted by Crippen LogP contribution is -2.21. The van der Waals surface area contributed by atoms with Crippen molar-refractivity contribution in [2.24, 2.45) is 11.8 Å². The van der Waals surface area contributed by atoms with Crippen LogP contribution in [0.4, 0.5) is 0 Å². The normalized spacial score (nSPS) is 24.4. The van der Waals surface area contributed by atoms with Crippen LogP contribution in [0.15, 0.2) is 24.3 Å². The average molecular weight is 276 g/mol. The van der Waals surface area contributed by atoms with Gasteiger partial charge in [-0.2, -0.15) is 0 Å². The monoisotopic (exact) mass is 276 g/mol. The van der Waals surface area contributed by atoms with Gasteiger partial charge in [-0.15, -0.1) is 0 Å². The summed E-state index contributed by atoms with van der Waals surface area (Å²) in [4.78, 5) is 0. The van der Waals surface area contributed by atoms with E-state index in [4.69, 9.17) is 4.74 Å². The molecule has 1 fully saturated rings. The van der Waals surface area contributed by atoms with Crippen molar-refractivity contribution in [1.29, 1.82) is 0 Å². The molecule has 1 N–H and O–H groups in total. The summed E-state index contributed by atoms with van der Waals surface area (Å²) in [5, 5.41) is 10.7. The number of hydrogen-bond donors (Lipinski definition) is 1. The second-order valence-corrected chi connectivity index (χ2v) is 5.99. The molecule has 20 heavy (non-hydrogen) atoms. The smallest absolute Gasteiger partial charge is 0.125 e. The number of para-hydroxylation sites is 1. The molecule has 1 aliphatic carbocycles. The van der Waals surface area contributed by atoms with Crippen LogP contribution in [0.25, 0.3) is 0 Å². The summed E-state index contributed by atoms with van der Waals surface area (Å²) in [6.07, 6.45) is 7.08. The van der Waals surface area contributed by atoms with Crippen LogP contribution < -0.4 is 4.74 Å². The highest BCUT2D eigenvalue weighted by Gasteiger charge is 2.28. The lowest BCUT2D eigenvalue weighted by Gasteiger charge is -2.32. The Hall–Kier alpha value is -1.02. The molecule has 0 bridgehead atoms. The van der Waals surface area contributed by atoms with Crippen molar-refractivity contribution in [1.82, 2.24) is 0 Å². The molecule has 2 heteroatoms. The van der Waals surface area contributed by atoms with Crippen molar-refractivity contribution in [2.45, 2.75) is 58.5 Å². The molecule has 0 spiro atoms. The lowest BCUT2D eigenvalue weighted by molar-refractivity contribution is 0.0697. The molecule has 112 valence electrons. The van der Waals surface area contributed by atoms with E-state index in [0.717, 1.165) is 30.1 Å². The average Bonchev–Trinajstić information content (AvgIpc) is 2.49. The molecule has 0 aromatic heterocycles. The van der Waals surface area contributed by atoms with E-state index in [9.17, 15) is 5.11 Å². The summed E-state index contributed by atoms with van der Waals surface area (Å²) >= 11 is 0. The molecule has 0 radical (unpaired) electrons. The minimum atomic E-state index is -0.375. The van der Waals surface area contributed by atoms with E-state index < -0.39 is 0 Å². The summed E-state index contributed by atoms with van der Waals surface area (Å²) in [5.41, 5.74) is 0.966. The van der Waals surface area contributed by atoms with Crippen LogP contribution in [0.3, 0.4) is 0 Å². The molecular weight excluding hydrogens is 248 g/mol. The number of rotatable bonds is 6. The summed E-state index contributed by atoms with van der Waals surface area (Å²) in [5.74, 6) is 2.12. The maximum Gasteiger partial charge on any atom is 0.125 e. The van der Waals surface area contributed by atoms with E-state index in [1.165, 1.54) is 25.7 Å². The molecule has 1 atom stereocenters. The zero-order valence-electron chi connectivity index (χ0n) is 12.8. The summed E-state index contributed by atoms with van der Waals surface area (Å²) in [7, 11) is 0. The third-order valence-corrected chi connectivity index (χ3v) is 4.57.